The minimum Gasteiger partial charge on any atom is -0.481 e. The largest absolute Gasteiger partial charge is 0.481 e. The maximum absolute atomic E-state index is 10.5. The Morgan fingerprint density at radius 1 is 1.37 bits per heavy atom. The summed E-state index contributed by atoms with van der Waals surface area (Å²) in [6.07, 6.45) is 0.662. The molecule has 100 valence electrons. The normalized spacial score (nSPS) is 10.6. The van der Waals surface area contributed by atoms with Crippen molar-refractivity contribution in [2.45, 2.75) is 30.4 Å². The second-order valence-electron chi connectivity index (χ2n) is 4.23. The van der Waals surface area contributed by atoms with E-state index in [0.29, 0.717) is 6.42 Å². The van der Waals surface area contributed by atoms with E-state index in [1.807, 2.05) is 5.38 Å². The van der Waals surface area contributed by atoms with Crippen LogP contribution in [0.4, 0.5) is 0 Å². The van der Waals surface area contributed by atoms with Crippen LogP contribution in [-0.4, -0.2) is 16.1 Å². The average molecular weight is 293 g/mol. The van der Waals surface area contributed by atoms with Crippen molar-refractivity contribution >= 4 is 29.1 Å². The van der Waals surface area contributed by atoms with Gasteiger partial charge in [-0.2, -0.15) is 0 Å². The van der Waals surface area contributed by atoms with Crippen LogP contribution in [0.25, 0.3) is 0 Å². The maximum atomic E-state index is 10.5. The molecule has 0 amide bonds. The van der Waals surface area contributed by atoms with Gasteiger partial charge in [0, 0.05) is 16.7 Å². The van der Waals surface area contributed by atoms with Gasteiger partial charge in [0.2, 0.25) is 0 Å². The highest BCUT2D eigenvalue weighted by atomic mass is 32.2. The number of thioether (sulfide) groups is 1. The van der Waals surface area contributed by atoms with Gasteiger partial charge in [0.1, 0.15) is 5.01 Å². The Morgan fingerprint density at radius 2 is 2.11 bits per heavy atom. The molecule has 0 aliphatic carbocycles. The molecule has 1 N–H and O–H groups in total. The number of aliphatic carboxylic acids is 1. The van der Waals surface area contributed by atoms with E-state index < -0.39 is 5.97 Å². The monoisotopic (exact) mass is 293 g/mol. The van der Waals surface area contributed by atoms with Crippen molar-refractivity contribution in [3.05, 3.63) is 45.9 Å². The zero-order chi connectivity index (χ0) is 13.7. The second kappa shape index (κ2) is 6.73. The van der Waals surface area contributed by atoms with E-state index in [4.69, 9.17) is 5.11 Å². The Labute approximate surface area is 120 Å². The predicted molar refractivity (Wildman–Crippen MR) is 78.8 cm³/mol. The van der Waals surface area contributed by atoms with Crippen LogP contribution in [0.5, 0.6) is 0 Å². The molecule has 0 aliphatic rings. The van der Waals surface area contributed by atoms with Gasteiger partial charge in [-0.15, -0.1) is 23.1 Å². The first kappa shape index (κ1) is 14.1. The molecule has 3 nitrogen and oxygen atoms in total. The summed E-state index contributed by atoms with van der Waals surface area (Å²) in [5, 5.41) is 11.6. The Hall–Kier alpha value is -1.33. The molecule has 0 fully saturated rings. The quantitative estimate of drug-likeness (QED) is 0.824. The molecule has 0 bridgehead atoms. The topological polar surface area (TPSA) is 50.2 Å². The van der Waals surface area contributed by atoms with Crippen molar-refractivity contribution in [3.63, 3.8) is 0 Å². The SMILES string of the molecule is Cc1ccc(SCc2nc(CCC(=O)O)cs2)cc1. The number of benzene rings is 1. The second-order valence-corrected chi connectivity index (χ2v) is 6.22. The molecule has 0 unspecified atom stereocenters. The number of carbonyl (C=O) groups is 1. The zero-order valence-electron chi connectivity index (χ0n) is 10.6. The smallest absolute Gasteiger partial charge is 0.303 e. The predicted octanol–water partition coefficient (Wildman–Crippen LogP) is 3.76. The van der Waals surface area contributed by atoms with Gasteiger partial charge >= 0.3 is 5.97 Å². The number of aryl methyl sites for hydroxylation is 2. The number of nitrogens with zero attached hydrogens (tertiary/aromatic N) is 1. The van der Waals surface area contributed by atoms with Gasteiger partial charge in [-0.05, 0) is 19.1 Å². The lowest BCUT2D eigenvalue weighted by molar-refractivity contribution is -0.136. The lowest BCUT2D eigenvalue weighted by atomic mass is 10.2. The minimum absolute atomic E-state index is 0.147. The molecule has 0 radical (unpaired) electrons. The zero-order valence-corrected chi connectivity index (χ0v) is 12.3. The van der Waals surface area contributed by atoms with Gasteiger partial charge in [0.15, 0.2) is 0 Å². The van der Waals surface area contributed by atoms with Crippen molar-refractivity contribution in [1.82, 2.24) is 4.98 Å². The van der Waals surface area contributed by atoms with E-state index in [1.165, 1.54) is 10.5 Å². The van der Waals surface area contributed by atoms with Gasteiger partial charge in [-0.25, -0.2) is 4.98 Å². The lowest BCUT2D eigenvalue weighted by Gasteiger charge is -1.99. The highest BCUT2D eigenvalue weighted by Crippen LogP contribution is 2.24. The van der Waals surface area contributed by atoms with E-state index >= 15 is 0 Å². The summed E-state index contributed by atoms with van der Waals surface area (Å²) >= 11 is 3.35. The van der Waals surface area contributed by atoms with E-state index in [0.717, 1.165) is 16.5 Å². The molecule has 0 aliphatic heterocycles. The highest BCUT2D eigenvalue weighted by Gasteiger charge is 2.05. The lowest BCUT2D eigenvalue weighted by Crippen LogP contribution is -1.97. The third-order valence-electron chi connectivity index (χ3n) is 2.58. The van der Waals surface area contributed by atoms with E-state index in [2.05, 4.69) is 36.2 Å². The number of hydrogen-bond acceptors (Lipinski definition) is 4. The molecule has 1 heterocycles. The number of aromatic nitrogens is 1. The molecule has 0 atom stereocenters. The summed E-state index contributed by atoms with van der Waals surface area (Å²) in [7, 11) is 0. The number of rotatable bonds is 6. The molecule has 1 aromatic heterocycles. The van der Waals surface area contributed by atoms with Crippen molar-refractivity contribution in [3.8, 4) is 0 Å². The molecular weight excluding hydrogens is 278 g/mol. The van der Waals surface area contributed by atoms with Gasteiger partial charge < -0.3 is 5.11 Å². The van der Waals surface area contributed by atoms with Crippen molar-refractivity contribution < 1.29 is 9.90 Å². The fourth-order valence-corrected chi connectivity index (χ4v) is 3.29. The van der Waals surface area contributed by atoms with E-state index in [-0.39, 0.29) is 6.42 Å². The molecular formula is C14H15NO2S2. The minimum atomic E-state index is -0.774. The molecule has 2 aromatic rings. The first-order chi connectivity index (χ1) is 9.13. The van der Waals surface area contributed by atoms with Gasteiger partial charge in [-0.3, -0.25) is 4.79 Å². The van der Waals surface area contributed by atoms with Gasteiger partial charge in [-0.1, -0.05) is 17.7 Å². The van der Waals surface area contributed by atoms with Crippen LogP contribution in [0.3, 0.4) is 0 Å². The van der Waals surface area contributed by atoms with E-state index in [1.54, 1.807) is 23.1 Å². The van der Waals surface area contributed by atoms with Crippen molar-refractivity contribution in [1.29, 1.82) is 0 Å². The Kier molecular flexibility index (Phi) is 4.99. The summed E-state index contributed by atoms with van der Waals surface area (Å²) in [4.78, 5) is 16.2. The van der Waals surface area contributed by atoms with Crippen LogP contribution in [0, 0.1) is 6.92 Å². The first-order valence-electron chi connectivity index (χ1n) is 5.98. The molecule has 19 heavy (non-hydrogen) atoms. The summed E-state index contributed by atoms with van der Waals surface area (Å²) in [5.41, 5.74) is 2.14. The molecule has 0 spiro atoms. The number of thiazole rings is 1. The third kappa shape index (κ3) is 4.69. The number of hydrogen-bond donors (Lipinski definition) is 1. The van der Waals surface area contributed by atoms with Gasteiger partial charge in [0.25, 0.3) is 0 Å². The summed E-state index contributed by atoms with van der Waals surface area (Å²) in [6, 6.07) is 8.42. The Morgan fingerprint density at radius 3 is 2.79 bits per heavy atom. The maximum Gasteiger partial charge on any atom is 0.303 e. The summed E-state index contributed by atoms with van der Waals surface area (Å²) < 4.78 is 0. The fraction of sp³-hybridized carbons (Fsp3) is 0.286. The fourth-order valence-electron chi connectivity index (χ4n) is 1.54. The molecule has 2 rings (SSSR count). The van der Waals surface area contributed by atoms with Crippen LogP contribution in [0.2, 0.25) is 0 Å². The van der Waals surface area contributed by atoms with Crippen LogP contribution in [-0.2, 0) is 17.0 Å². The standard InChI is InChI=1S/C14H15NO2S2/c1-10-2-5-12(6-3-10)18-9-13-15-11(8-19-13)4-7-14(16)17/h2-3,5-6,8H,4,7,9H2,1H3,(H,16,17). The van der Waals surface area contributed by atoms with E-state index in [9.17, 15) is 4.79 Å². The van der Waals surface area contributed by atoms with Crippen molar-refractivity contribution in [2.24, 2.45) is 0 Å². The number of carboxylic acids is 1. The number of carboxylic acid groups (broad SMARTS) is 1. The van der Waals surface area contributed by atoms with Gasteiger partial charge in [0.05, 0.1) is 17.9 Å². The molecule has 0 saturated carbocycles. The molecule has 0 saturated heterocycles. The van der Waals surface area contributed by atoms with Crippen LogP contribution in [0.15, 0.2) is 34.5 Å². The Bertz CT molecular complexity index is 549. The van der Waals surface area contributed by atoms with Crippen molar-refractivity contribution in [2.75, 3.05) is 0 Å². The average Bonchev–Trinajstić information content (AvgIpc) is 2.84. The van der Waals surface area contributed by atoms with Crippen LogP contribution >= 0.6 is 23.1 Å². The Balaban J connectivity index is 1.86. The first-order valence-corrected chi connectivity index (χ1v) is 7.84. The molecule has 5 heteroatoms. The van der Waals surface area contributed by atoms with Crippen LogP contribution in [0.1, 0.15) is 22.7 Å². The van der Waals surface area contributed by atoms with Crippen LogP contribution < -0.4 is 0 Å². The summed E-state index contributed by atoms with van der Waals surface area (Å²) in [6.45, 7) is 2.07. The molecule has 1 aromatic carbocycles. The third-order valence-corrected chi connectivity index (χ3v) is 4.68. The highest BCUT2D eigenvalue weighted by molar-refractivity contribution is 7.98. The summed E-state index contributed by atoms with van der Waals surface area (Å²) in [5.74, 6) is 0.0597.